The number of rotatable bonds is 5. The largest absolute Gasteiger partial charge is 0.543 e. The fourth-order valence-corrected chi connectivity index (χ4v) is 7.18. The summed E-state index contributed by atoms with van der Waals surface area (Å²) in [5.74, 6) is -1.82. The number of para-hydroxylation sites is 2. The molecule has 1 saturated heterocycles. The number of carbonyl (C=O) groups is 2. The Morgan fingerprint density at radius 1 is 1.40 bits per heavy atom. The van der Waals surface area contributed by atoms with Gasteiger partial charge in [-0.2, -0.15) is 4.40 Å². The Kier molecular flexibility index (Phi) is 4.46. The van der Waals surface area contributed by atoms with Crippen LogP contribution in [-0.4, -0.2) is 38.4 Å². The van der Waals surface area contributed by atoms with Crippen LogP contribution in [0.5, 0.6) is 0 Å². The number of aliphatic carboxylic acids is 1. The minimum absolute atomic E-state index is 0.0335. The van der Waals surface area contributed by atoms with Crippen molar-refractivity contribution < 1.29 is 24.4 Å². The summed E-state index contributed by atoms with van der Waals surface area (Å²) in [6.07, 6.45) is -0.809. The molecule has 1 amide bonds. The van der Waals surface area contributed by atoms with Crippen LogP contribution in [-0.2, 0) is 22.4 Å². The van der Waals surface area contributed by atoms with Crippen molar-refractivity contribution in [3.05, 3.63) is 45.9 Å². The molecular weight excluding hydrogens is 422 g/mol. The van der Waals surface area contributed by atoms with E-state index in [9.17, 15) is 19.8 Å². The van der Waals surface area contributed by atoms with Crippen molar-refractivity contribution in [3.8, 4) is 0 Å². The quantitative estimate of drug-likeness (QED) is 0.470. The van der Waals surface area contributed by atoms with Gasteiger partial charge in [0.05, 0.1) is 42.5 Å². The second-order valence-corrected chi connectivity index (χ2v) is 9.79. The predicted molar refractivity (Wildman–Crippen MR) is 112 cm³/mol. The fraction of sp³-hybridized carbons (Fsp3) is 0.381. The van der Waals surface area contributed by atoms with Gasteiger partial charge >= 0.3 is 4.96 Å². The number of thioether (sulfide) groups is 1. The van der Waals surface area contributed by atoms with Gasteiger partial charge in [-0.1, -0.05) is 30.4 Å². The fourth-order valence-electron chi connectivity index (χ4n) is 4.83. The van der Waals surface area contributed by atoms with E-state index in [1.807, 2.05) is 26.1 Å². The van der Waals surface area contributed by atoms with E-state index in [0.717, 1.165) is 21.7 Å². The highest BCUT2D eigenvalue weighted by molar-refractivity contribution is 8.02. The van der Waals surface area contributed by atoms with Crippen LogP contribution in [0.15, 0.2) is 40.2 Å². The van der Waals surface area contributed by atoms with Gasteiger partial charge in [-0.05, 0) is 19.1 Å². The number of aliphatic hydroxyl groups is 1. The number of amides is 1. The van der Waals surface area contributed by atoms with Crippen LogP contribution >= 0.6 is 23.1 Å². The lowest BCUT2D eigenvalue weighted by atomic mass is 9.79. The second-order valence-electron chi connectivity index (χ2n) is 7.94. The molecule has 0 bridgehead atoms. The highest BCUT2D eigenvalue weighted by Gasteiger charge is 2.58. The number of benzene rings is 1. The Bertz CT molecular complexity index is 1240. The van der Waals surface area contributed by atoms with Gasteiger partial charge in [-0.25, -0.2) is 4.57 Å². The smallest absolute Gasteiger partial charge is 0.346 e. The molecule has 5 rings (SSSR count). The summed E-state index contributed by atoms with van der Waals surface area (Å²) in [4.78, 5) is 27.4. The Morgan fingerprint density at radius 2 is 2.13 bits per heavy atom. The SMILES string of the molecule is C[C@@H](O)C1C(=O)N2C(C(=O)[O-])=C(SCc3csc4n3c3ccccc3[n+]4C)[C@H](C)C12. The van der Waals surface area contributed by atoms with Crippen molar-refractivity contribution in [3.63, 3.8) is 0 Å². The van der Waals surface area contributed by atoms with E-state index < -0.39 is 18.0 Å². The van der Waals surface area contributed by atoms with Crippen molar-refractivity contribution in [1.82, 2.24) is 9.30 Å². The number of aliphatic hydroxyl groups excluding tert-OH is 1. The van der Waals surface area contributed by atoms with E-state index in [1.165, 1.54) is 16.7 Å². The standard InChI is InChI=1S/C21H21N3O4S2/c1-10-16-15(11(2)25)19(26)24(16)17(20(27)28)18(10)29-8-12-9-30-21-22(3)13-6-4-5-7-14(13)23(12)21/h4-7,9-11,15-16,25H,8H2,1-3H3/t10-,11-,15?,16?/m1/s1. The van der Waals surface area contributed by atoms with E-state index in [4.69, 9.17) is 0 Å². The number of carboxylic acid groups (broad SMARTS) is 1. The minimum atomic E-state index is -1.34. The van der Waals surface area contributed by atoms with E-state index >= 15 is 0 Å². The number of imidazole rings is 1. The first-order valence-electron chi connectivity index (χ1n) is 9.78. The number of carboxylic acids is 1. The number of β-lactam (4-membered cyclic amide) rings is 1. The molecule has 0 aliphatic carbocycles. The number of carbonyl (C=O) groups excluding carboxylic acids is 2. The summed E-state index contributed by atoms with van der Waals surface area (Å²) >= 11 is 3.09. The molecule has 2 aromatic heterocycles. The molecule has 0 spiro atoms. The molecule has 30 heavy (non-hydrogen) atoms. The molecule has 2 aliphatic rings. The number of aromatic nitrogens is 2. The minimum Gasteiger partial charge on any atom is -0.543 e. The lowest BCUT2D eigenvalue weighted by Gasteiger charge is -2.47. The molecule has 0 radical (unpaired) electrons. The van der Waals surface area contributed by atoms with Gasteiger partial charge in [0, 0.05) is 16.2 Å². The number of nitrogens with zero attached hydrogens (tertiary/aromatic N) is 3. The summed E-state index contributed by atoms with van der Waals surface area (Å²) < 4.78 is 4.35. The number of thiazole rings is 1. The van der Waals surface area contributed by atoms with Gasteiger partial charge < -0.3 is 19.9 Å². The zero-order valence-electron chi connectivity index (χ0n) is 16.7. The highest BCUT2D eigenvalue weighted by Crippen LogP contribution is 2.50. The zero-order chi connectivity index (χ0) is 21.3. The lowest BCUT2D eigenvalue weighted by molar-refractivity contribution is -0.616. The topological polar surface area (TPSA) is 89.0 Å². The van der Waals surface area contributed by atoms with Gasteiger partial charge in [0.1, 0.15) is 5.69 Å². The van der Waals surface area contributed by atoms with Crippen molar-refractivity contribution in [2.24, 2.45) is 18.9 Å². The molecule has 2 aliphatic heterocycles. The number of aryl methyl sites for hydroxylation is 1. The molecule has 4 heterocycles. The van der Waals surface area contributed by atoms with Gasteiger partial charge in [0.15, 0.2) is 11.0 Å². The van der Waals surface area contributed by atoms with Gasteiger partial charge in [-0.3, -0.25) is 4.79 Å². The molecule has 3 aromatic rings. The van der Waals surface area contributed by atoms with Gasteiger partial charge in [0.25, 0.3) is 0 Å². The molecule has 9 heteroatoms. The summed E-state index contributed by atoms with van der Waals surface area (Å²) in [5, 5.41) is 23.9. The molecule has 0 saturated carbocycles. The van der Waals surface area contributed by atoms with E-state index in [1.54, 1.807) is 18.3 Å². The van der Waals surface area contributed by atoms with Crippen LogP contribution in [0.3, 0.4) is 0 Å². The maximum atomic E-state index is 12.5. The maximum Gasteiger partial charge on any atom is 0.346 e. The number of hydrogen-bond acceptors (Lipinski definition) is 6. The van der Waals surface area contributed by atoms with Crippen LogP contribution in [0, 0.1) is 11.8 Å². The van der Waals surface area contributed by atoms with Crippen LogP contribution in [0.4, 0.5) is 0 Å². The van der Waals surface area contributed by atoms with Crippen molar-refractivity contribution in [1.29, 1.82) is 0 Å². The van der Waals surface area contributed by atoms with Crippen molar-refractivity contribution >= 4 is 51.0 Å². The molecular formula is C21H21N3O4S2. The molecule has 156 valence electrons. The maximum absolute atomic E-state index is 12.5. The number of fused-ring (bicyclic) bond motifs is 4. The predicted octanol–water partition coefficient (Wildman–Crippen LogP) is 1.03. The van der Waals surface area contributed by atoms with Crippen LogP contribution in [0.2, 0.25) is 0 Å². The Balaban J connectivity index is 1.50. The van der Waals surface area contributed by atoms with Gasteiger partial charge in [-0.15, -0.1) is 11.8 Å². The first-order valence-corrected chi connectivity index (χ1v) is 11.6. The Labute approximate surface area is 181 Å². The van der Waals surface area contributed by atoms with E-state index in [0.29, 0.717) is 10.7 Å². The average Bonchev–Trinajstić information content (AvgIpc) is 3.31. The molecule has 2 unspecified atom stereocenters. The number of hydrogen-bond donors (Lipinski definition) is 1. The molecule has 7 nitrogen and oxygen atoms in total. The monoisotopic (exact) mass is 443 g/mol. The first kappa shape index (κ1) is 19.6. The third kappa shape index (κ3) is 2.52. The third-order valence-corrected chi connectivity index (χ3v) is 8.60. The van der Waals surface area contributed by atoms with Crippen LogP contribution < -0.4 is 9.67 Å². The average molecular weight is 444 g/mol. The van der Waals surface area contributed by atoms with Crippen molar-refractivity contribution in [2.45, 2.75) is 31.7 Å². The Hall–Kier alpha value is -2.36. The van der Waals surface area contributed by atoms with Gasteiger partial charge in [0.2, 0.25) is 5.91 Å². The summed E-state index contributed by atoms with van der Waals surface area (Å²) in [6.45, 7) is 3.50. The van der Waals surface area contributed by atoms with Crippen molar-refractivity contribution in [2.75, 3.05) is 0 Å². The highest BCUT2D eigenvalue weighted by atomic mass is 32.2. The second kappa shape index (κ2) is 6.83. The summed E-state index contributed by atoms with van der Waals surface area (Å²) in [7, 11) is 2.04. The molecule has 4 atom stereocenters. The third-order valence-electron chi connectivity index (χ3n) is 6.23. The van der Waals surface area contributed by atoms with E-state index in [2.05, 4.69) is 26.5 Å². The summed E-state index contributed by atoms with van der Waals surface area (Å²) in [6, 6.07) is 7.85. The Morgan fingerprint density at radius 3 is 2.83 bits per heavy atom. The summed E-state index contributed by atoms with van der Waals surface area (Å²) in [5.41, 5.74) is 3.28. The zero-order valence-corrected chi connectivity index (χ0v) is 18.4. The van der Waals surface area contributed by atoms with Crippen LogP contribution in [0.1, 0.15) is 19.5 Å². The molecule has 1 fully saturated rings. The first-order chi connectivity index (χ1) is 14.3. The molecule has 1 aromatic carbocycles. The van der Waals surface area contributed by atoms with Crippen LogP contribution in [0.25, 0.3) is 16.0 Å². The lowest BCUT2D eigenvalue weighted by Crippen LogP contribution is -2.64. The normalized spacial score (nSPS) is 24.6. The van der Waals surface area contributed by atoms with E-state index in [-0.39, 0.29) is 23.6 Å². The molecule has 1 N–H and O–H groups in total.